The number of nitrogens with two attached hydrogens (primary N) is 1. The summed E-state index contributed by atoms with van der Waals surface area (Å²) in [6.07, 6.45) is 0. The van der Waals surface area contributed by atoms with Gasteiger partial charge < -0.3 is 16.0 Å². The Morgan fingerprint density at radius 1 is 1.19 bits per heavy atom. The van der Waals surface area contributed by atoms with E-state index in [1.807, 2.05) is 50.2 Å². The van der Waals surface area contributed by atoms with Crippen molar-refractivity contribution in [3.05, 3.63) is 52.0 Å². The van der Waals surface area contributed by atoms with E-state index in [1.54, 1.807) is 12.1 Å². The highest BCUT2D eigenvalue weighted by molar-refractivity contribution is 9.10. The Balaban J connectivity index is 2.36. The van der Waals surface area contributed by atoms with Crippen molar-refractivity contribution in [2.24, 2.45) is 0 Å². The van der Waals surface area contributed by atoms with Gasteiger partial charge in [0.1, 0.15) is 0 Å². The highest BCUT2D eigenvalue weighted by atomic mass is 79.9. The third-order valence-corrected chi connectivity index (χ3v) is 3.81. The summed E-state index contributed by atoms with van der Waals surface area (Å²) in [5.74, 6) is -0.183. The molecule has 0 spiro atoms. The first-order valence-electron chi connectivity index (χ1n) is 6.53. The predicted octanol–water partition coefficient (Wildman–Crippen LogP) is 3.66. The summed E-state index contributed by atoms with van der Waals surface area (Å²) >= 11 is 3.44. The first-order chi connectivity index (χ1) is 9.88. The van der Waals surface area contributed by atoms with Crippen molar-refractivity contribution in [3.63, 3.8) is 0 Å². The van der Waals surface area contributed by atoms with Crippen molar-refractivity contribution in [1.29, 1.82) is 0 Å². The van der Waals surface area contributed by atoms with Crippen LogP contribution in [0.1, 0.15) is 15.9 Å². The molecule has 0 fully saturated rings. The van der Waals surface area contributed by atoms with Crippen LogP contribution >= 0.6 is 15.9 Å². The van der Waals surface area contributed by atoms with E-state index >= 15 is 0 Å². The molecule has 110 valence electrons. The van der Waals surface area contributed by atoms with Gasteiger partial charge in [0.05, 0.1) is 11.3 Å². The maximum atomic E-state index is 12.5. The monoisotopic (exact) mass is 347 g/mol. The highest BCUT2D eigenvalue weighted by Gasteiger charge is 2.14. The average Bonchev–Trinajstić information content (AvgIpc) is 2.42. The van der Waals surface area contributed by atoms with Crippen LogP contribution in [0.4, 0.5) is 17.1 Å². The number of anilines is 3. The second-order valence-corrected chi connectivity index (χ2v) is 5.96. The van der Waals surface area contributed by atoms with Gasteiger partial charge in [0.25, 0.3) is 5.91 Å². The minimum Gasteiger partial charge on any atom is -0.399 e. The SMILES string of the molecule is Cc1ccc(Br)c(NC(=O)c2cc(N)ccc2N(C)C)c1. The molecule has 0 aliphatic rings. The minimum atomic E-state index is -0.183. The minimum absolute atomic E-state index is 0.183. The number of halogens is 1. The van der Waals surface area contributed by atoms with Gasteiger partial charge in [-0.05, 0) is 58.7 Å². The summed E-state index contributed by atoms with van der Waals surface area (Å²) in [6.45, 7) is 1.98. The average molecular weight is 348 g/mol. The summed E-state index contributed by atoms with van der Waals surface area (Å²) in [4.78, 5) is 14.4. The van der Waals surface area contributed by atoms with Crippen LogP contribution in [0.5, 0.6) is 0 Å². The molecule has 5 heteroatoms. The zero-order valence-corrected chi connectivity index (χ0v) is 13.9. The lowest BCUT2D eigenvalue weighted by Crippen LogP contribution is -2.19. The van der Waals surface area contributed by atoms with Crippen LogP contribution in [0.2, 0.25) is 0 Å². The lowest BCUT2D eigenvalue weighted by Gasteiger charge is -2.18. The number of hydrogen-bond donors (Lipinski definition) is 2. The molecule has 4 nitrogen and oxygen atoms in total. The van der Waals surface area contributed by atoms with Gasteiger partial charge in [0, 0.05) is 29.9 Å². The molecule has 2 rings (SSSR count). The van der Waals surface area contributed by atoms with E-state index in [1.165, 1.54) is 0 Å². The summed E-state index contributed by atoms with van der Waals surface area (Å²) < 4.78 is 0.844. The first kappa shape index (κ1) is 15.4. The van der Waals surface area contributed by atoms with Crippen molar-refractivity contribution < 1.29 is 4.79 Å². The molecular weight excluding hydrogens is 330 g/mol. The third-order valence-electron chi connectivity index (χ3n) is 3.12. The molecule has 0 heterocycles. The molecule has 2 aromatic rings. The lowest BCUT2D eigenvalue weighted by atomic mass is 10.1. The highest BCUT2D eigenvalue weighted by Crippen LogP contribution is 2.26. The molecule has 3 N–H and O–H groups in total. The number of aryl methyl sites for hydroxylation is 1. The lowest BCUT2D eigenvalue weighted by molar-refractivity contribution is 0.102. The molecule has 0 bridgehead atoms. The number of nitrogens with zero attached hydrogens (tertiary/aromatic N) is 1. The Morgan fingerprint density at radius 2 is 1.90 bits per heavy atom. The standard InChI is InChI=1S/C16H18BrN3O/c1-10-4-6-13(17)14(8-10)19-16(21)12-9-11(18)5-7-15(12)20(2)3/h4-9H,18H2,1-3H3,(H,19,21). The van der Waals surface area contributed by atoms with Gasteiger partial charge in [-0.15, -0.1) is 0 Å². The van der Waals surface area contributed by atoms with E-state index < -0.39 is 0 Å². The number of nitrogen functional groups attached to an aromatic ring is 1. The molecule has 0 saturated heterocycles. The first-order valence-corrected chi connectivity index (χ1v) is 7.32. The molecule has 0 aromatic heterocycles. The van der Waals surface area contributed by atoms with Crippen LogP contribution in [0, 0.1) is 6.92 Å². The van der Waals surface area contributed by atoms with Crippen LogP contribution < -0.4 is 16.0 Å². The van der Waals surface area contributed by atoms with Crippen LogP contribution in [-0.2, 0) is 0 Å². The fourth-order valence-corrected chi connectivity index (χ4v) is 2.40. The largest absolute Gasteiger partial charge is 0.399 e. The Kier molecular flexibility index (Phi) is 4.53. The topological polar surface area (TPSA) is 58.4 Å². The smallest absolute Gasteiger partial charge is 0.257 e. The van der Waals surface area contributed by atoms with Gasteiger partial charge >= 0.3 is 0 Å². The molecule has 0 radical (unpaired) electrons. The van der Waals surface area contributed by atoms with Crippen LogP contribution in [0.15, 0.2) is 40.9 Å². The zero-order valence-electron chi connectivity index (χ0n) is 12.3. The van der Waals surface area contributed by atoms with Gasteiger partial charge in [0.15, 0.2) is 0 Å². The van der Waals surface area contributed by atoms with Crippen molar-refractivity contribution in [2.75, 3.05) is 30.0 Å². The Labute approximate surface area is 133 Å². The van der Waals surface area contributed by atoms with Crippen LogP contribution in [-0.4, -0.2) is 20.0 Å². The normalized spacial score (nSPS) is 10.3. The van der Waals surface area contributed by atoms with E-state index in [0.717, 1.165) is 21.4 Å². The van der Waals surface area contributed by atoms with Gasteiger partial charge in [0.2, 0.25) is 0 Å². The summed E-state index contributed by atoms with van der Waals surface area (Å²) in [5, 5.41) is 2.92. The second kappa shape index (κ2) is 6.18. The maximum absolute atomic E-state index is 12.5. The Hall–Kier alpha value is -2.01. The molecule has 0 aliphatic heterocycles. The van der Waals surface area contributed by atoms with E-state index in [0.29, 0.717) is 11.3 Å². The van der Waals surface area contributed by atoms with Gasteiger partial charge in [-0.25, -0.2) is 0 Å². The van der Waals surface area contributed by atoms with E-state index in [2.05, 4.69) is 21.2 Å². The number of amides is 1. The zero-order chi connectivity index (χ0) is 15.6. The number of hydrogen-bond acceptors (Lipinski definition) is 3. The molecule has 0 saturated carbocycles. The quantitative estimate of drug-likeness (QED) is 0.833. The molecule has 21 heavy (non-hydrogen) atoms. The van der Waals surface area contributed by atoms with E-state index in [-0.39, 0.29) is 5.91 Å². The number of carbonyl (C=O) groups is 1. The van der Waals surface area contributed by atoms with Crippen LogP contribution in [0.3, 0.4) is 0 Å². The van der Waals surface area contributed by atoms with Crippen molar-refractivity contribution in [3.8, 4) is 0 Å². The second-order valence-electron chi connectivity index (χ2n) is 5.11. The Morgan fingerprint density at radius 3 is 2.57 bits per heavy atom. The van der Waals surface area contributed by atoms with E-state index in [4.69, 9.17) is 5.73 Å². The molecule has 0 unspecified atom stereocenters. The van der Waals surface area contributed by atoms with E-state index in [9.17, 15) is 4.79 Å². The summed E-state index contributed by atoms with van der Waals surface area (Å²) in [7, 11) is 3.79. The van der Waals surface area contributed by atoms with Gasteiger partial charge in [-0.2, -0.15) is 0 Å². The van der Waals surface area contributed by atoms with Crippen molar-refractivity contribution in [1.82, 2.24) is 0 Å². The number of nitrogens with one attached hydrogen (secondary N) is 1. The molecule has 1 amide bonds. The summed E-state index contributed by atoms with van der Waals surface area (Å²) in [6, 6.07) is 11.1. The third kappa shape index (κ3) is 3.55. The molecule has 0 aliphatic carbocycles. The Bertz CT molecular complexity index is 683. The molecular formula is C16H18BrN3O. The number of rotatable bonds is 3. The van der Waals surface area contributed by atoms with Gasteiger partial charge in [-0.3, -0.25) is 4.79 Å². The molecule has 2 aromatic carbocycles. The number of carbonyl (C=O) groups excluding carboxylic acids is 1. The summed E-state index contributed by atoms with van der Waals surface area (Å²) in [5.41, 5.74) is 9.56. The molecule has 0 atom stereocenters. The fraction of sp³-hybridized carbons (Fsp3) is 0.188. The van der Waals surface area contributed by atoms with Gasteiger partial charge in [-0.1, -0.05) is 6.07 Å². The predicted molar refractivity (Wildman–Crippen MR) is 92.0 cm³/mol. The van der Waals surface area contributed by atoms with Crippen LogP contribution in [0.25, 0.3) is 0 Å². The maximum Gasteiger partial charge on any atom is 0.257 e. The van der Waals surface area contributed by atoms with Crippen molar-refractivity contribution in [2.45, 2.75) is 6.92 Å². The number of benzene rings is 2. The fourth-order valence-electron chi connectivity index (χ4n) is 2.05. The van der Waals surface area contributed by atoms with Crippen molar-refractivity contribution >= 4 is 38.9 Å².